The van der Waals surface area contributed by atoms with Crippen LogP contribution < -0.4 is 5.32 Å². The van der Waals surface area contributed by atoms with Crippen molar-refractivity contribution in [3.63, 3.8) is 0 Å². The van der Waals surface area contributed by atoms with Crippen molar-refractivity contribution in [1.29, 1.82) is 0 Å². The number of halogens is 4. The average molecular weight is 519 g/mol. The van der Waals surface area contributed by atoms with Crippen LogP contribution in [-0.4, -0.2) is 42.8 Å². The van der Waals surface area contributed by atoms with Crippen molar-refractivity contribution in [2.45, 2.75) is 19.3 Å². The fourth-order valence-corrected chi connectivity index (χ4v) is 4.11. The normalized spacial score (nSPS) is 17.7. The van der Waals surface area contributed by atoms with Gasteiger partial charge < -0.3 is 15.0 Å². The zero-order chi connectivity index (χ0) is 26.5. The van der Waals surface area contributed by atoms with E-state index in [4.69, 9.17) is 16.3 Å². The molecule has 9 heteroatoms. The molecule has 3 rings (SSSR count). The molecule has 0 aliphatic carbocycles. The first-order valence-electron chi connectivity index (χ1n) is 11.1. The number of piperidine rings is 1. The summed E-state index contributed by atoms with van der Waals surface area (Å²) in [6.07, 6.45) is 4.33. The standard InChI is InChI=1S/C27H26ClF3N2O3/c1-4-6-18(11-17(2)36-3)19-9-10-24(29)23(12-19)26(35)33-15-20(14-27(30,31)16-33)25(34)32-22-8-5-7-21(28)13-22/h4-13,20H,2,14-16H2,1,3H3,(H,32,34)/b6-4-,18-11+. The van der Waals surface area contributed by atoms with Crippen LogP contribution in [0.2, 0.25) is 5.02 Å². The average Bonchev–Trinajstić information content (AvgIpc) is 2.82. The van der Waals surface area contributed by atoms with E-state index in [1.165, 1.54) is 25.3 Å². The lowest BCUT2D eigenvalue weighted by molar-refractivity contribution is -0.130. The highest BCUT2D eigenvalue weighted by Crippen LogP contribution is 2.33. The number of allylic oxidation sites excluding steroid dienone is 4. The van der Waals surface area contributed by atoms with Gasteiger partial charge in [-0.25, -0.2) is 13.2 Å². The minimum Gasteiger partial charge on any atom is -0.497 e. The van der Waals surface area contributed by atoms with Gasteiger partial charge in [0.25, 0.3) is 11.8 Å². The van der Waals surface area contributed by atoms with Crippen molar-refractivity contribution in [3.8, 4) is 0 Å². The predicted octanol–water partition coefficient (Wildman–Crippen LogP) is 6.33. The highest BCUT2D eigenvalue weighted by molar-refractivity contribution is 6.30. The van der Waals surface area contributed by atoms with Crippen LogP contribution in [0.1, 0.15) is 29.3 Å². The molecule has 0 spiro atoms. The first kappa shape index (κ1) is 27.1. The van der Waals surface area contributed by atoms with Crippen LogP contribution in [0, 0.1) is 11.7 Å². The number of nitrogens with one attached hydrogen (secondary N) is 1. The lowest BCUT2D eigenvalue weighted by Gasteiger charge is -2.37. The zero-order valence-corrected chi connectivity index (χ0v) is 20.6. The fraction of sp³-hybridized carbons (Fsp3) is 0.259. The number of rotatable bonds is 7. The van der Waals surface area contributed by atoms with Crippen LogP contribution in [0.3, 0.4) is 0 Å². The van der Waals surface area contributed by atoms with Crippen LogP contribution in [0.15, 0.2) is 73.0 Å². The van der Waals surface area contributed by atoms with Crippen molar-refractivity contribution < 1.29 is 27.5 Å². The van der Waals surface area contributed by atoms with Gasteiger partial charge in [-0.05, 0) is 54.5 Å². The minimum absolute atomic E-state index is 0.289. The van der Waals surface area contributed by atoms with E-state index in [1.54, 1.807) is 43.4 Å². The number of likely N-dealkylation sites (tertiary alicyclic amines) is 1. The maximum Gasteiger partial charge on any atom is 0.266 e. The Labute approximate surface area is 212 Å². The maximum absolute atomic E-state index is 14.7. The summed E-state index contributed by atoms with van der Waals surface area (Å²) in [5.74, 6) is -6.66. The number of ether oxygens (including phenoxy) is 1. The van der Waals surface area contributed by atoms with Crippen LogP contribution >= 0.6 is 11.6 Å². The summed E-state index contributed by atoms with van der Waals surface area (Å²) >= 11 is 5.92. The summed E-state index contributed by atoms with van der Waals surface area (Å²) in [7, 11) is 1.45. The number of methoxy groups -OCH3 is 1. The summed E-state index contributed by atoms with van der Waals surface area (Å²) in [5, 5.41) is 2.93. The number of carbonyl (C=O) groups is 2. The molecule has 2 aromatic carbocycles. The number of hydrogen-bond acceptors (Lipinski definition) is 3. The van der Waals surface area contributed by atoms with Gasteiger partial charge in [-0.1, -0.05) is 42.5 Å². The molecular formula is C27H26ClF3N2O3. The number of carbonyl (C=O) groups excluding carboxylic acids is 2. The van der Waals surface area contributed by atoms with Gasteiger partial charge in [-0.2, -0.15) is 0 Å². The van der Waals surface area contributed by atoms with Gasteiger partial charge in [0.2, 0.25) is 5.91 Å². The third kappa shape index (κ3) is 6.79. The Morgan fingerprint density at radius 1 is 1.25 bits per heavy atom. The number of alkyl halides is 2. The van der Waals surface area contributed by atoms with Crippen molar-refractivity contribution in [3.05, 3.63) is 95.0 Å². The summed E-state index contributed by atoms with van der Waals surface area (Å²) in [6, 6.07) is 10.1. The van der Waals surface area contributed by atoms with E-state index in [9.17, 15) is 22.8 Å². The Morgan fingerprint density at radius 2 is 2.00 bits per heavy atom. The number of benzene rings is 2. The van der Waals surface area contributed by atoms with Crippen molar-refractivity contribution >= 4 is 34.7 Å². The molecule has 0 saturated carbocycles. The molecule has 5 nitrogen and oxygen atoms in total. The molecule has 1 unspecified atom stereocenters. The molecule has 0 bridgehead atoms. The lowest BCUT2D eigenvalue weighted by Crippen LogP contribution is -2.52. The fourth-order valence-electron chi connectivity index (χ4n) is 3.92. The van der Waals surface area contributed by atoms with E-state index in [0.29, 0.717) is 27.6 Å². The second-order valence-corrected chi connectivity index (χ2v) is 8.84. The van der Waals surface area contributed by atoms with Gasteiger partial charge in [0.1, 0.15) is 11.6 Å². The summed E-state index contributed by atoms with van der Waals surface area (Å²) in [4.78, 5) is 26.8. The van der Waals surface area contributed by atoms with Crippen molar-refractivity contribution in [1.82, 2.24) is 4.90 Å². The molecule has 1 fully saturated rings. The molecule has 36 heavy (non-hydrogen) atoms. The predicted molar refractivity (Wildman–Crippen MR) is 134 cm³/mol. The second-order valence-electron chi connectivity index (χ2n) is 8.41. The van der Waals surface area contributed by atoms with E-state index in [1.807, 2.05) is 0 Å². The van der Waals surface area contributed by atoms with E-state index in [2.05, 4.69) is 11.9 Å². The SMILES string of the molecule is C=C(/C=C(\C=C/C)c1ccc(F)c(C(=O)N2CC(C(=O)Nc3cccc(Cl)c3)CC(F)(F)C2)c1)OC. The summed E-state index contributed by atoms with van der Waals surface area (Å²) in [5.41, 5.74) is 1.02. The highest BCUT2D eigenvalue weighted by atomic mass is 35.5. The van der Waals surface area contributed by atoms with Crippen molar-refractivity contribution in [2.24, 2.45) is 5.92 Å². The molecule has 1 aliphatic heterocycles. The van der Waals surface area contributed by atoms with Gasteiger partial charge in [-0.15, -0.1) is 0 Å². The Balaban J connectivity index is 1.88. The molecule has 1 saturated heterocycles. The van der Waals surface area contributed by atoms with Gasteiger partial charge in [0, 0.05) is 23.7 Å². The highest BCUT2D eigenvalue weighted by Gasteiger charge is 2.45. The topological polar surface area (TPSA) is 58.6 Å². The first-order valence-corrected chi connectivity index (χ1v) is 11.5. The zero-order valence-electron chi connectivity index (χ0n) is 19.9. The lowest BCUT2D eigenvalue weighted by atomic mass is 9.93. The van der Waals surface area contributed by atoms with Gasteiger partial charge in [0.15, 0.2) is 0 Å². The Morgan fingerprint density at radius 3 is 2.67 bits per heavy atom. The number of amides is 2. The van der Waals surface area contributed by atoms with Gasteiger partial charge in [-0.3, -0.25) is 9.59 Å². The summed E-state index contributed by atoms with van der Waals surface area (Å²) in [6.45, 7) is 4.30. The number of anilines is 1. The molecule has 1 N–H and O–H groups in total. The second kappa shape index (κ2) is 11.5. The maximum atomic E-state index is 14.7. The molecule has 1 atom stereocenters. The quantitative estimate of drug-likeness (QED) is 0.344. The van der Waals surface area contributed by atoms with Crippen LogP contribution in [-0.2, 0) is 9.53 Å². The molecule has 0 radical (unpaired) electrons. The van der Waals surface area contributed by atoms with E-state index in [-0.39, 0.29) is 12.1 Å². The smallest absolute Gasteiger partial charge is 0.266 e. The Hall–Kier alpha value is -3.52. The minimum atomic E-state index is -3.33. The Bertz CT molecular complexity index is 1230. The summed E-state index contributed by atoms with van der Waals surface area (Å²) < 4.78 is 49.0. The van der Waals surface area contributed by atoms with Crippen LogP contribution in [0.25, 0.3) is 5.57 Å². The van der Waals surface area contributed by atoms with E-state index >= 15 is 0 Å². The molecule has 190 valence electrons. The third-order valence-electron chi connectivity index (χ3n) is 5.61. The molecular weight excluding hydrogens is 493 g/mol. The van der Waals surface area contributed by atoms with Crippen molar-refractivity contribution in [2.75, 3.05) is 25.5 Å². The van der Waals surface area contributed by atoms with Gasteiger partial charge >= 0.3 is 0 Å². The Kier molecular flexibility index (Phi) is 8.63. The van der Waals surface area contributed by atoms with Crippen LogP contribution in [0.4, 0.5) is 18.9 Å². The first-order chi connectivity index (χ1) is 17.0. The van der Waals surface area contributed by atoms with Gasteiger partial charge in [0.05, 0.1) is 25.1 Å². The number of hydrogen-bond donors (Lipinski definition) is 1. The van der Waals surface area contributed by atoms with E-state index in [0.717, 1.165) is 11.0 Å². The number of nitrogens with zero attached hydrogens (tertiary/aromatic N) is 1. The third-order valence-corrected chi connectivity index (χ3v) is 5.85. The molecule has 1 heterocycles. The van der Waals surface area contributed by atoms with E-state index < -0.39 is 42.4 Å². The monoisotopic (exact) mass is 518 g/mol. The molecule has 0 aromatic heterocycles. The molecule has 1 aliphatic rings. The molecule has 2 aromatic rings. The van der Waals surface area contributed by atoms with Crippen LogP contribution in [0.5, 0.6) is 0 Å². The molecule has 2 amide bonds. The largest absolute Gasteiger partial charge is 0.497 e.